The number of hydrogen-bond acceptors (Lipinski definition) is 2. The van der Waals surface area contributed by atoms with E-state index in [1.54, 1.807) is 18.0 Å². The van der Waals surface area contributed by atoms with Crippen LogP contribution in [0.1, 0.15) is 33.3 Å². The minimum absolute atomic E-state index is 0.0267. The van der Waals surface area contributed by atoms with E-state index in [0.29, 0.717) is 6.54 Å². The Morgan fingerprint density at radius 2 is 2.00 bits per heavy atom. The number of aryl methyl sites for hydroxylation is 1. The highest BCUT2D eigenvalue weighted by molar-refractivity contribution is 5.90. The molecule has 0 aliphatic heterocycles. The summed E-state index contributed by atoms with van der Waals surface area (Å²) in [5, 5.41) is 0. The van der Waals surface area contributed by atoms with Gasteiger partial charge in [-0.2, -0.15) is 0 Å². The lowest BCUT2D eigenvalue weighted by molar-refractivity contribution is -0.116. The van der Waals surface area contributed by atoms with Gasteiger partial charge < -0.3 is 0 Å². The zero-order chi connectivity index (χ0) is 11.8. The molecule has 0 saturated heterocycles. The molecule has 0 fully saturated rings. The van der Waals surface area contributed by atoms with E-state index in [1.807, 2.05) is 39.8 Å². The Labute approximate surface area is 92.1 Å². The maximum Gasteiger partial charge on any atom is 0.225 e. The highest BCUT2D eigenvalue weighted by atomic mass is 16.2. The number of rotatable bonds is 2. The molecule has 0 unspecified atom stereocenters. The van der Waals surface area contributed by atoms with Crippen LogP contribution in [0.25, 0.3) is 0 Å². The van der Waals surface area contributed by atoms with Gasteiger partial charge in [-0.1, -0.05) is 19.9 Å². The van der Waals surface area contributed by atoms with Gasteiger partial charge in [0.2, 0.25) is 5.91 Å². The van der Waals surface area contributed by atoms with Crippen LogP contribution >= 0.6 is 0 Å². The van der Waals surface area contributed by atoms with E-state index in [0.717, 1.165) is 11.4 Å². The molecule has 3 heteroatoms. The molecule has 1 heterocycles. The van der Waals surface area contributed by atoms with Gasteiger partial charge in [-0.3, -0.25) is 9.69 Å². The summed E-state index contributed by atoms with van der Waals surface area (Å²) in [5.41, 5.74) is 1.10. The van der Waals surface area contributed by atoms with Crippen LogP contribution in [0.4, 0.5) is 5.82 Å². The van der Waals surface area contributed by atoms with Gasteiger partial charge in [-0.05, 0) is 25.5 Å². The van der Waals surface area contributed by atoms with Gasteiger partial charge >= 0.3 is 0 Å². The zero-order valence-corrected chi connectivity index (χ0v) is 10.2. The van der Waals surface area contributed by atoms with Crippen molar-refractivity contribution in [2.75, 3.05) is 11.4 Å². The summed E-state index contributed by atoms with van der Waals surface area (Å²) in [6.07, 6.45) is 1.76. The molecular formula is C12H20N2O. The zero-order valence-electron chi connectivity index (χ0n) is 10.2. The van der Waals surface area contributed by atoms with Crippen LogP contribution in [0.2, 0.25) is 0 Å². The van der Waals surface area contributed by atoms with E-state index in [1.165, 1.54) is 0 Å². The fraction of sp³-hybridized carbons (Fsp3) is 0.500. The first-order valence-electron chi connectivity index (χ1n) is 5.36. The van der Waals surface area contributed by atoms with Crippen LogP contribution in [-0.4, -0.2) is 17.4 Å². The molecule has 0 bridgehead atoms. The summed E-state index contributed by atoms with van der Waals surface area (Å²) in [4.78, 5) is 17.0. The van der Waals surface area contributed by atoms with Crippen LogP contribution in [0, 0.1) is 6.92 Å². The predicted octanol–water partition coefficient (Wildman–Crippen LogP) is 2.79. The summed E-state index contributed by atoms with van der Waals surface area (Å²) in [6, 6.07) is 3.81. The summed E-state index contributed by atoms with van der Waals surface area (Å²) >= 11 is 0. The topological polar surface area (TPSA) is 33.2 Å². The molecular weight excluding hydrogens is 188 g/mol. The summed E-state index contributed by atoms with van der Waals surface area (Å²) in [7, 11) is 0. The molecule has 0 aliphatic rings. The van der Waals surface area contributed by atoms with Crippen LogP contribution in [0.15, 0.2) is 18.3 Å². The van der Waals surface area contributed by atoms with Crippen molar-refractivity contribution in [2.24, 2.45) is 0 Å². The van der Waals surface area contributed by atoms with Crippen LogP contribution in [0.3, 0.4) is 0 Å². The van der Waals surface area contributed by atoms with E-state index in [4.69, 9.17) is 0 Å². The van der Waals surface area contributed by atoms with Gasteiger partial charge in [0.05, 0.1) is 0 Å². The molecule has 0 radical (unpaired) electrons. The first kappa shape index (κ1) is 13.6. The molecule has 1 aromatic rings. The van der Waals surface area contributed by atoms with Crippen molar-refractivity contribution >= 4 is 11.7 Å². The third kappa shape index (κ3) is 4.11. The second-order valence-corrected chi connectivity index (χ2v) is 2.96. The Balaban J connectivity index is 0.000000921. The van der Waals surface area contributed by atoms with Crippen LogP contribution in [-0.2, 0) is 4.79 Å². The lowest BCUT2D eigenvalue weighted by Crippen LogP contribution is -2.28. The number of carbonyl (C=O) groups excluding carboxylic acids is 1. The highest BCUT2D eigenvalue weighted by Crippen LogP contribution is 2.10. The van der Waals surface area contributed by atoms with Gasteiger partial charge in [-0.15, -0.1) is 0 Å². The molecule has 0 saturated carbocycles. The molecule has 1 rings (SSSR count). The van der Waals surface area contributed by atoms with Crippen LogP contribution in [0.5, 0.6) is 0 Å². The Kier molecular flexibility index (Phi) is 6.34. The molecule has 84 valence electrons. The summed E-state index contributed by atoms with van der Waals surface area (Å²) in [6.45, 7) is 10.1. The smallest absolute Gasteiger partial charge is 0.225 e. The Morgan fingerprint density at radius 3 is 2.33 bits per heavy atom. The monoisotopic (exact) mass is 208 g/mol. The number of anilines is 1. The van der Waals surface area contributed by atoms with Crippen LogP contribution < -0.4 is 4.90 Å². The Morgan fingerprint density at radius 1 is 1.40 bits per heavy atom. The van der Waals surface area contributed by atoms with Gasteiger partial charge in [-0.25, -0.2) is 4.98 Å². The number of carbonyl (C=O) groups is 1. The maximum atomic E-state index is 11.1. The minimum atomic E-state index is 0.0267. The Bertz CT molecular complexity index is 293. The number of aromatic nitrogens is 1. The first-order chi connectivity index (χ1) is 7.15. The quantitative estimate of drug-likeness (QED) is 0.748. The van der Waals surface area contributed by atoms with E-state index in [9.17, 15) is 4.79 Å². The standard InChI is InChI=1S/C10H14N2O.C2H6/c1-4-12(9(3)13)10-6-5-8(2)7-11-10;1-2/h5-7H,4H2,1-3H3;1-2H3. The lowest BCUT2D eigenvalue weighted by atomic mass is 10.3. The van der Waals surface area contributed by atoms with Crippen molar-refractivity contribution in [1.29, 1.82) is 0 Å². The average Bonchev–Trinajstić information content (AvgIpc) is 2.24. The molecule has 0 spiro atoms. The van der Waals surface area contributed by atoms with E-state index in [-0.39, 0.29) is 5.91 Å². The highest BCUT2D eigenvalue weighted by Gasteiger charge is 2.08. The fourth-order valence-electron chi connectivity index (χ4n) is 1.17. The third-order valence-electron chi connectivity index (χ3n) is 1.87. The minimum Gasteiger partial charge on any atom is -0.297 e. The van der Waals surface area contributed by atoms with Gasteiger partial charge in [0, 0.05) is 19.7 Å². The van der Waals surface area contributed by atoms with Gasteiger partial charge in [0.15, 0.2) is 0 Å². The van der Waals surface area contributed by atoms with Gasteiger partial charge in [0.25, 0.3) is 0 Å². The molecule has 1 amide bonds. The molecule has 0 aliphatic carbocycles. The number of pyridine rings is 1. The Hall–Kier alpha value is -1.38. The first-order valence-corrected chi connectivity index (χ1v) is 5.36. The molecule has 0 atom stereocenters. The summed E-state index contributed by atoms with van der Waals surface area (Å²) in [5.74, 6) is 0.749. The SMILES string of the molecule is CC.CCN(C(C)=O)c1ccc(C)cn1. The van der Waals surface area contributed by atoms with Gasteiger partial charge in [0.1, 0.15) is 5.82 Å². The third-order valence-corrected chi connectivity index (χ3v) is 1.87. The largest absolute Gasteiger partial charge is 0.297 e. The van der Waals surface area contributed by atoms with Crippen molar-refractivity contribution in [3.05, 3.63) is 23.9 Å². The lowest BCUT2D eigenvalue weighted by Gasteiger charge is -2.17. The number of hydrogen-bond donors (Lipinski definition) is 0. The average molecular weight is 208 g/mol. The summed E-state index contributed by atoms with van der Waals surface area (Å²) < 4.78 is 0. The van der Waals surface area contributed by atoms with Crippen molar-refractivity contribution in [3.63, 3.8) is 0 Å². The van der Waals surface area contributed by atoms with Crippen molar-refractivity contribution < 1.29 is 4.79 Å². The molecule has 0 aromatic carbocycles. The van der Waals surface area contributed by atoms with E-state index < -0.39 is 0 Å². The van der Waals surface area contributed by atoms with Crippen molar-refractivity contribution in [3.8, 4) is 0 Å². The normalized spacial score (nSPS) is 8.87. The fourth-order valence-corrected chi connectivity index (χ4v) is 1.17. The van der Waals surface area contributed by atoms with Crippen molar-refractivity contribution in [2.45, 2.75) is 34.6 Å². The molecule has 3 nitrogen and oxygen atoms in total. The number of amides is 1. The second-order valence-electron chi connectivity index (χ2n) is 2.96. The second kappa shape index (κ2) is 6.98. The molecule has 1 aromatic heterocycles. The van der Waals surface area contributed by atoms with Crippen molar-refractivity contribution in [1.82, 2.24) is 4.98 Å². The van der Waals surface area contributed by atoms with E-state index >= 15 is 0 Å². The predicted molar refractivity (Wildman–Crippen MR) is 64.0 cm³/mol. The molecule has 0 N–H and O–H groups in total. The number of nitrogens with zero attached hydrogens (tertiary/aromatic N) is 2. The van der Waals surface area contributed by atoms with E-state index in [2.05, 4.69) is 4.98 Å². The molecule has 15 heavy (non-hydrogen) atoms. The maximum absolute atomic E-state index is 11.1.